The van der Waals surface area contributed by atoms with Crippen LogP contribution in [0.4, 0.5) is 4.79 Å². The molecule has 1 fully saturated rings. The minimum absolute atomic E-state index is 0.199. The van der Waals surface area contributed by atoms with Crippen LogP contribution in [0.5, 0.6) is 11.5 Å². The molecule has 1 heterocycles. The van der Waals surface area contributed by atoms with Crippen LogP contribution in [0.1, 0.15) is 18.1 Å². The molecule has 2 N–H and O–H groups in total. The Balaban J connectivity index is 1.79. The first-order chi connectivity index (χ1) is 12.2. The van der Waals surface area contributed by atoms with Gasteiger partial charge in [-0.3, -0.25) is 10.1 Å². The number of urea groups is 1. The summed E-state index contributed by atoms with van der Waals surface area (Å²) in [6.07, 6.45) is 1.59. The highest BCUT2D eigenvalue weighted by atomic mass is 16.5. The SMILES string of the molecule is CCOc1cc(/C=C2/NC(=O)NC2=O)ccc1OCc1ccccc1. The lowest BCUT2D eigenvalue weighted by Gasteiger charge is -2.13. The summed E-state index contributed by atoms with van der Waals surface area (Å²) in [7, 11) is 0. The zero-order valence-electron chi connectivity index (χ0n) is 13.7. The summed E-state index contributed by atoms with van der Waals surface area (Å²) in [5.74, 6) is 0.748. The zero-order valence-corrected chi connectivity index (χ0v) is 13.7. The number of carbonyl (C=O) groups is 2. The van der Waals surface area contributed by atoms with Crippen molar-refractivity contribution < 1.29 is 19.1 Å². The summed E-state index contributed by atoms with van der Waals surface area (Å²) in [4.78, 5) is 22.8. The normalized spacial score (nSPS) is 15.0. The summed E-state index contributed by atoms with van der Waals surface area (Å²) >= 11 is 0. The molecule has 0 saturated carbocycles. The Morgan fingerprint density at radius 2 is 1.76 bits per heavy atom. The van der Waals surface area contributed by atoms with Crippen molar-refractivity contribution in [3.05, 3.63) is 65.4 Å². The van der Waals surface area contributed by atoms with Gasteiger partial charge in [0, 0.05) is 0 Å². The lowest BCUT2D eigenvalue weighted by Crippen LogP contribution is -2.22. The largest absolute Gasteiger partial charge is 0.490 e. The van der Waals surface area contributed by atoms with Gasteiger partial charge in [0.2, 0.25) is 0 Å². The van der Waals surface area contributed by atoms with Crippen LogP contribution in [0.25, 0.3) is 6.08 Å². The average molecular weight is 338 g/mol. The fourth-order valence-electron chi connectivity index (χ4n) is 2.39. The Morgan fingerprint density at radius 3 is 2.44 bits per heavy atom. The van der Waals surface area contributed by atoms with Crippen LogP contribution in [0.3, 0.4) is 0 Å². The molecule has 128 valence electrons. The van der Waals surface area contributed by atoms with E-state index >= 15 is 0 Å². The van der Waals surface area contributed by atoms with Gasteiger partial charge < -0.3 is 14.8 Å². The lowest BCUT2D eigenvalue weighted by atomic mass is 10.1. The van der Waals surface area contributed by atoms with Crippen molar-refractivity contribution >= 4 is 18.0 Å². The number of imide groups is 1. The van der Waals surface area contributed by atoms with E-state index in [1.54, 1.807) is 24.3 Å². The van der Waals surface area contributed by atoms with E-state index in [-0.39, 0.29) is 5.70 Å². The van der Waals surface area contributed by atoms with Gasteiger partial charge in [-0.2, -0.15) is 0 Å². The Bertz CT molecular complexity index is 815. The topological polar surface area (TPSA) is 76.7 Å². The van der Waals surface area contributed by atoms with Crippen LogP contribution in [0.15, 0.2) is 54.2 Å². The summed E-state index contributed by atoms with van der Waals surface area (Å²) in [6.45, 7) is 2.80. The van der Waals surface area contributed by atoms with Gasteiger partial charge in [0.1, 0.15) is 12.3 Å². The third-order valence-electron chi connectivity index (χ3n) is 3.54. The van der Waals surface area contributed by atoms with E-state index in [0.717, 1.165) is 11.1 Å². The number of benzene rings is 2. The third-order valence-corrected chi connectivity index (χ3v) is 3.54. The highest BCUT2D eigenvalue weighted by molar-refractivity contribution is 6.14. The fraction of sp³-hybridized carbons (Fsp3) is 0.158. The van der Waals surface area contributed by atoms with E-state index in [4.69, 9.17) is 9.47 Å². The van der Waals surface area contributed by atoms with Crippen molar-refractivity contribution in [3.63, 3.8) is 0 Å². The molecule has 2 aromatic carbocycles. The maximum Gasteiger partial charge on any atom is 0.326 e. The standard InChI is InChI=1S/C19H18N2O4/c1-2-24-17-11-14(10-15-18(22)21-19(23)20-15)8-9-16(17)25-12-13-6-4-3-5-7-13/h3-11H,2,12H2,1H3,(H2,20,21,22,23)/b15-10+. The number of carbonyl (C=O) groups excluding carboxylic acids is 2. The van der Waals surface area contributed by atoms with Crippen molar-refractivity contribution in [3.8, 4) is 11.5 Å². The molecule has 0 atom stereocenters. The van der Waals surface area contributed by atoms with Crippen molar-refractivity contribution in [1.82, 2.24) is 10.6 Å². The second kappa shape index (κ2) is 7.53. The molecular weight excluding hydrogens is 320 g/mol. The van der Waals surface area contributed by atoms with Crippen molar-refractivity contribution in [2.75, 3.05) is 6.61 Å². The van der Waals surface area contributed by atoms with Gasteiger partial charge >= 0.3 is 6.03 Å². The quantitative estimate of drug-likeness (QED) is 0.627. The van der Waals surface area contributed by atoms with E-state index in [9.17, 15) is 9.59 Å². The fourth-order valence-corrected chi connectivity index (χ4v) is 2.39. The molecule has 0 bridgehead atoms. The lowest BCUT2D eigenvalue weighted by molar-refractivity contribution is -0.115. The summed E-state index contributed by atoms with van der Waals surface area (Å²) < 4.78 is 11.5. The maximum atomic E-state index is 11.6. The molecular formula is C19H18N2O4. The van der Waals surface area contributed by atoms with Crippen LogP contribution >= 0.6 is 0 Å². The molecule has 25 heavy (non-hydrogen) atoms. The van der Waals surface area contributed by atoms with Crippen molar-refractivity contribution in [2.45, 2.75) is 13.5 Å². The van der Waals surface area contributed by atoms with Crippen LogP contribution < -0.4 is 20.1 Å². The van der Waals surface area contributed by atoms with Gasteiger partial charge in [-0.15, -0.1) is 0 Å². The van der Waals surface area contributed by atoms with Crippen molar-refractivity contribution in [2.24, 2.45) is 0 Å². The van der Waals surface area contributed by atoms with E-state index in [0.29, 0.717) is 24.7 Å². The summed E-state index contributed by atoms with van der Waals surface area (Å²) in [5.41, 5.74) is 1.98. The Hall–Kier alpha value is -3.28. The van der Waals surface area contributed by atoms with Crippen molar-refractivity contribution in [1.29, 1.82) is 0 Å². The monoisotopic (exact) mass is 338 g/mol. The first-order valence-corrected chi connectivity index (χ1v) is 7.93. The zero-order chi connectivity index (χ0) is 17.6. The molecule has 0 spiro atoms. The molecule has 0 aromatic heterocycles. The molecule has 6 heteroatoms. The second-order valence-corrected chi connectivity index (χ2v) is 5.38. The molecule has 1 aliphatic rings. The molecule has 1 aliphatic heterocycles. The minimum Gasteiger partial charge on any atom is -0.490 e. The number of ether oxygens (including phenoxy) is 2. The van der Waals surface area contributed by atoms with Gasteiger partial charge in [-0.1, -0.05) is 36.4 Å². The molecule has 6 nitrogen and oxygen atoms in total. The van der Waals surface area contributed by atoms with Gasteiger partial charge in [-0.05, 0) is 36.3 Å². The maximum absolute atomic E-state index is 11.6. The van der Waals surface area contributed by atoms with Gasteiger partial charge in [0.15, 0.2) is 11.5 Å². The van der Waals surface area contributed by atoms with E-state index in [2.05, 4.69) is 10.6 Å². The Morgan fingerprint density at radius 1 is 0.960 bits per heavy atom. The van der Waals surface area contributed by atoms with Gasteiger partial charge in [0.05, 0.1) is 6.61 Å². The molecule has 3 amide bonds. The first-order valence-electron chi connectivity index (χ1n) is 7.93. The Labute approximate surface area is 145 Å². The van der Waals surface area contributed by atoms with Gasteiger partial charge in [0.25, 0.3) is 5.91 Å². The molecule has 0 unspecified atom stereocenters. The number of hydrogen-bond donors (Lipinski definition) is 2. The number of nitrogens with one attached hydrogen (secondary N) is 2. The van der Waals surface area contributed by atoms with E-state index < -0.39 is 11.9 Å². The average Bonchev–Trinajstić information content (AvgIpc) is 2.92. The molecule has 1 saturated heterocycles. The van der Waals surface area contributed by atoms with Crippen LogP contribution in [-0.2, 0) is 11.4 Å². The van der Waals surface area contributed by atoms with Crippen LogP contribution in [-0.4, -0.2) is 18.5 Å². The Kier molecular flexibility index (Phi) is 4.99. The van der Waals surface area contributed by atoms with E-state index in [1.165, 1.54) is 0 Å². The predicted octanol–water partition coefficient (Wildman–Crippen LogP) is 2.84. The van der Waals surface area contributed by atoms with Crippen LogP contribution in [0.2, 0.25) is 0 Å². The van der Waals surface area contributed by atoms with E-state index in [1.807, 2.05) is 37.3 Å². The molecule has 3 rings (SSSR count). The molecule has 0 radical (unpaired) electrons. The molecule has 0 aliphatic carbocycles. The smallest absolute Gasteiger partial charge is 0.326 e. The second-order valence-electron chi connectivity index (χ2n) is 5.38. The predicted molar refractivity (Wildman–Crippen MR) is 93.0 cm³/mol. The number of hydrogen-bond acceptors (Lipinski definition) is 4. The highest BCUT2D eigenvalue weighted by Crippen LogP contribution is 2.30. The molecule has 2 aromatic rings. The highest BCUT2D eigenvalue weighted by Gasteiger charge is 2.22. The minimum atomic E-state index is -0.524. The first kappa shape index (κ1) is 16.6. The van der Waals surface area contributed by atoms with Crippen LogP contribution in [0, 0.1) is 0 Å². The number of rotatable bonds is 6. The van der Waals surface area contributed by atoms with Gasteiger partial charge in [-0.25, -0.2) is 4.79 Å². The third kappa shape index (κ3) is 4.17. The summed E-state index contributed by atoms with van der Waals surface area (Å²) in [5, 5.41) is 4.62. The number of amides is 3. The summed E-state index contributed by atoms with van der Waals surface area (Å²) in [6, 6.07) is 14.7.